The standard InChI is InChI=1S/C5H12O4.C2H10O7Si2/c6-1-5(2-7,3-8)4-9;1-7-11(6,8-2)9-10(3,4)5/h6-9H,1-4H2;3-6H,1-2H3. The Bertz CT molecular complexity index is 220. The van der Waals surface area contributed by atoms with Gasteiger partial charge in [0.05, 0.1) is 31.8 Å². The van der Waals surface area contributed by atoms with Gasteiger partial charge in [-0.05, 0) is 0 Å². The van der Waals surface area contributed by atoms with Crippen LogP contribution in [0.4, 0.5) is 0 Å². The summed E-state index contributed by atoms with van der Waals surface area (Å²) in [5, 5.41) is 34.0. The average Bonchev–Trinajstić information content (AvgIpc) is 2.41. The quantitative estimate of drug-likeness (QED) is 0.198. The molecule has 0 aliphatic rings. The van der Waals surface area contributed by atoms with Gasteiger partial charge in [0.15, 0.2) is 0 Å². The normalized spacial score (nSPS) is 12.9. The van der Waals surface area contributed by atoms with Crippen LogP contribution < -0.4 is 0 Å². The van der Waals surface area contributed by atoms with Crippen LogP contribution >= 0.6 is 0 Å². The molecule has 0 rings (SSSR count). The second kappa shape index (κ2) is 9.84. The lowest BCUT2D eigenvalue weighted by Gasteiger charge is -2.23. The molecule has 0 saturated carbocycles. The van der Waals surface area contributed by atoms with E-state index in [1.165, 1.54) is 0 Å². The van der Waals surface area contributed by atoms with Crippen LogP contribution in [0.5, 0.6) is 0 Å². The number of aliphatic hydroxyl groups excluding tert-OH is 4. The first-order valence-electron chi connectivity index (χ1n) is 5.21. The average molecular weight is 338 g/mol. The first kappa shape index (κ1) is 22.3. The van der Waals surface area contributed by atoms with Crippen LogP contribution in [0.15, 0.2) is 0 Å². The maximum atomic E-state index is 8.99. The summed E-state index contributed by atoms with van der Waals surface area (Å²) in [7, 11) is -6.69. The van der Waals surface area contributed by atoms with Crippen LogP contribution in [0.2, 0.25) is 0 Å². The van der Waals surface area contributed by atoms with E-state index in [1.54, 1.807) is 0 Å². The minimum absolute atomic E-state index is 0.406. The van der Waals surface area contributed by atoms with E-state index in [9.17, 15) is 0 Å². The molecule has 0 bridgehead atoms. The number of hydrogen-bond acceptors (Lipinski definition) is 11. The van der Waals surface area contributed by atoms with Crippen molar-refractivity contribution in [3.05, 3.63) is 0 Å². The summed E-state index contributed by atoms with van der Waals surface area (Å²) in [5.41, 5.74) is -1.11. The van der Waals surface area contributed by atoms with Crippen molar-refractivity contribution in [3.63, 3.8) is 0 Å². The van der Waals surface area contributed by atoms with Crippen molar-refractivity contribution in [2.24, 2.45) is 5.41 Å². The van der Waals surface area contributed by atoms with Crippen LogP contribution in [-0.2, 0) is 13.0 Å². The fourth-order valence-electron chi connectivity index (χ4n) is 0.640. The van der Waals surface area contributed by atoms with Crippen molar-refractivity contribution in [3.8, 4) is 0 Å². The molecular formula is C7H22O11Si2. The smallest absolute Gasteiger partial charge is 0.396 e. The van der Waals surface area contributed by atoms with Gasteiger partial charge in [-0.3, -0.25) is 0 Å². The second-order valence-electron chi connectivity index (χ2n) is 3.74. The first-order chi connectivity index (χ1) is 9.07. The Labute approximate surface area is 117 Å². The SMILES string of the molecule is CO[Si](O)(OC)O[Si](O)(O)O.OCC(CO)(CO)CO. The van der Waals surface area contributed by atoms with E-state index in [2.05, 4.69) is 13.0 Å². The summed E-state index contributed by atoms with van der Waals surface area (Å²) in [5.74, 6) is 0. The zero-order valence-electron chi connectivity index (χ0n) is 11.1. The zero-order valence-corrected chi connectivity index (χ0v) is 13.1. The molecule has 0 radical (unpaired) electrons. The maximum absolute atomic E-state index is 8.99. The van der Waals surface area contributed by atoms with E-state index in [0.29, 0.717) is 0 Å². The van der Waals surface area contributed by atoms with E-state index in [0.717, 1.165) is 14.2 Å². The minimum Gasteiger partial charge on any atom is -0.396 e. The summed E-state index contributed by atoms with van der Waals surface area (Å²) in [6.45, 7) is -1.62. The van der Waals surface area contributed by atoms with Gasteiger partial charge in [0, 0.05) is 14.2 Å². The molecule has 20 heavy (non-hydrogen) atoms. The molecule has 0 heterocycles. The van der Waals surface area contributed by atoms with Gasteiger partial charge in [-0.1, -0.05) is 0 Å². The summed E-state index contributed by atoms with van der Waals surface area (Å²) >= 11 is 0. The van der Waals surface area contributed by atoms with E-state index >= 15 is 0 Å². The Morgan fingerprint density at radius 2 is 1.05 bits per heavy atom. The zero-order chi connectivity index (χ0) is 16.4. The van der Waals surface area contributed by atoms with E-state index in [-0.39, 0.29) is 0 Å². The Morgan fingerprint density at radius 1 is 0.750 bits per heavy atom. The van der Waals surface area contributed by atoms with Gasteiger partial charge < -0.3 is 52.6 Å². The van der Waals surface area contributed by atoms with Gasteiger partial charge in [0.2, 0.25) is 0 Å². The van der Waals surface area contributed by atoms with Crippen LogP contribution in [0.25, 0.3) is 0 Å². The molecule has 8 N–H and O–H groups in total. The number of aliphatic hydroxyl groups is 4. The third kappa shape index (κ3) is 9.03. The van der Waals surface area contributed by atoms with Crippen molar-refractivity contribution >= 4 is 18.1 Å². The van der Waals surface area contributed by atoms with Crippen LogP contribution in [0.1, 0.15) is 0 Å². The van der Waals surface area contributed by atoms with Gasteiger partial charge in [-0.2, -0.15) is 0 Å². The summed E-state index contributed by atoms with van der Waals surface area (Å²) in [6, 6.07) is 0. The molecule has 0 unspecified atom stereocenters. The van der Waals surface area contributed by atoms with Crippen molar-refractivity contribution in [1.82, 2.24) is 0 Å². The van der Waals surface area contributed by atoms with Crippen LogP contribution in [-0.4, -0.2) is 98.4 Å². The fraction of sp³-hybridized carbons (Fsp3) is 1.00. The number of rotatable bonds is 8. The topological polar surface area (TPSA) is 190 Å². The third-order valence-corrected chi connectivity index (χ3v) is 5.28. The van der Waals surface area contributed by atoms with Gasteiger partial charge in [-0.15, -0.1) is 0 Å². The highest BCUT2D eigenvalue weighted by Crippen LogP contribution is 2.11. The predicted molar refractivity (Wildman–Crippen MR) is 66.3 cm³/mol. The fourth-order valence-corrected chi connectivity index (χ4v) is 2.86. The monoisotopic (exact) mass is 338 g/mol. The molecule has 0 aromatic carbocycles. The summed E-state index contributed by atoms with van der Waals surface area (Å²) < 4.78 is 12.5. The Balaban J connectivity index is 0. The molecule has 0 amide bonds. The first-order valence-corrected chi connectivity index (χ1v) is 8.63. The molecule has 0 aromatic heterocycles. The minimum atomic E-state index is -4.77. The number of hydrogen-bond donors (Lipinski definition) is 8. The van der Waals surface area contributed by atoms with Crippen molar-refractivity contribution in [2.75, 3.05) is 40.6 Å². The van der Waals surface area contributed by atoms with Crippen molar-refractivity contribution in [2.45, 2.75) is 0 Å². The molecule has 0 aromatic rings. The lowest BCUT2D eigenvalue weighted by molar-refractivity contribution is -0.0328. The van der Waals surface area contributed by atoms with Crippen LogP contribution in [0.3, 0.4) is 0 Å². The summed E-state index contributed by atoms with van der Waals surface area (Å²) in [6.07, 6.45) is 0. The molecule has 13 heteroatoms. The van der Waals surface area contributed by atoms with Gasteiger partial charge in [0.1, 0.15) is 0 Å². The van der Waals surface area contributed by atoms with Gasteiger partial charge in [-0.25, -0.2) is 0 Å². The van der Waals surface area contributed by atoms with Crippen molar-refractivity contribution < 1.29 is 52.6 Å². The molecule has 0 atom stereocenters. The molecule has 0 aliphatic carbocycles. The molecule has 0 saturated heterocycles. The van der Waals surface area contributed by atoms with Gasteiger partial charge in [0.25, 0.3) is 0 Å². The molecule has 11 nitrogen and oxygen atoms in total. The second-order valence-corrected chi connectivity index (χ2v) is 7.57. The Hall–Kier alpha value is -0.00623. The lowest BCUT2D eigenvalue weighted by atomic mass is 9.93. The van der Waals surface area contributed by atoms with E-state index in [4.69, 9.17) is 39.6 Å². The Morgan fingerprint density at radius 3 is 1.10 bits per heavy atom. The highest BCUT2D eigenvalue weighted by atomic mass is 28.5. The lowest BCUT2D eigenvalue weighted by Crippen LogP contribution is -2.55. The molecular weight excluding hydrogens is 316 g/mol. The van der Waals surface area contributed by atoms with E-state index < -0.39 is 49.9 Å². The Kier molecular flexibility index (Phi) is 11.0. The highest BCUT2D eigenvalue weighted by molar-refractivity contribution is 6.65. The molecule has 0 fully saturated rings. The summed E-state index contributed by atoms with van der Waals surface area (Å²) in [4.78, 5) is 34.1. The van der Waals surface area contributed by atoms with Gasteiger partial charge >= 0.3 is 18.1 Å². The highest BCUT2D eigenvalue weighted by Gasteiger charge is 2.50. The maximum Gasteiger partial charge on any atom is 0.670 e. The largest absolute Gasteiger partial charge is 0.670 e. The van der Waals surface area contributed by atoms with Crippen molar-refractivity contribution in [1.29, 1.82) is 0 Å². The molecule has 0 spiro atoms. The molecule has 0 aliphatic heterocycles. The van der Waals surface area contributed by atoms with E-state index in [1.807, 2.05) is 0 Å². The van der Waals surface area contributed by atoms with Crippen LogP contribution in [0, 0.1) is 5.41 Å². The predicted octanol–water partition coefficient (Wildman–Crippen LogP) is -4.92. The third-order valence-electron chi connectivity index (χ3n) is 2.12. The molecule has 124 valence electrons.